The fourth-order valence-electron chi connectivity index (χ4n) is 5.43. The Hall–Kier alpha value is -4.41. The third-order valence-corrected chi connectivity index (χ3v) is 8.20. The Labute approximate surface area is 205 Å². The molecule has 0 amide bonds. The quantitative estimate of drug-likeness (QED) is 0.251. The molecule has 0 N–H and O–H groups in total. The number of thiophene rings is 1. The molecule has 0 aliphatic heterocycles. The Kier molecular flexibility index (Phi) is 3.82. The highest BCUT2D eigenvalue weighted by atomic mass is 32.1. The first-order valence-electron chi connectivity index (χ1n) is 11.7. The van der Waals surface area contributed by atoms with Gasteiger partial charge in [-0.1, -0.05) is 66.7 Å². The van der Waals surface area contributed by atoms with Crippen LogP contribution < -0.4 is 0 Å². The third-order valence-electron chi connectivity index (χ3n) is 7.00. The van der Waals surface area contributed by atoms with Crippen LogP contribution in [-0.2, 0) is 0 Å². The molecule has 35 heavy (non-hydrogen) atoms. The van der Waals surface area contributed by atoms with Gasteiger partial charge in [-0.15, -0.1) is 11.3 Å². The lowest BCUT2D eigenvalue weighted by atomic mass is 10.1. The Morgan fingerprint density at radius 3 is 2.26 bits per heavy atom. The molecule has 8 aromatic rings. The van der Waals surface area contributed by atoms with E-state index in [9.17, 15) is 0 Å². The van der Waals surface area contributed by atoms with Crippen LogP contribution in [0.25, 0.3) is 64.4 Å². The Bertz CT molecular complexity index is 2060. The first-order chi connectivity index (χ1) is 17.4. The third kappa shape index (κ3) is 2.63. The van der Waals surface area contributed by atoms with E-state index < -0.39 is 0 Å². The molecule has 8 rings (SSSR count). The minimum Gasteiger partial charge on any atom is -0.308 e. The molecule has 0 bridgehead atoms. The first kappa shape index (κ1) is 19.0. The van der Waals surface area contributed by atoms with Gasteiger partial charge in [-0.25, -0.2) is 4.98 Å². The maximum absolute atomic E-state index is 4.78. The van der Waals surface area contributed by atoms with E-state index in [1.54, 1.807) is 0 Å². The number of nitrogens with zero attached hydrogens (tertiary/aromatic N) is 3. The van der Waals surface area contributed by atoms with Crippen molar-refractivity contribution < 1.29 is 0 Å². The number of hydrogen-bond donors (Lipinski definition) is 0. The Morgan fingerprint density at radius 2 is 1.34 bits per heavy atom. The van der Waals surface area contributed by atoms with E-state index in [0.717, 1.165) is 22.4 Å². The van der Waals surface area contributed by atoms with Gasteiger partial charge < -0.3 is 4.57 Å². The molecule has 0 radical (unpaired) electrons. The number of aromatic nitrogens is 3. The van der Waals surface area contributed by atoms with E-state index in [-0.39, 0.29) is 0 Å². The molecule has 0 aliphatic carbocycles. The highest BCUT2D eigenvalue weighted by molar-refractivity contribution is 7.26. The van der Waals surface area contributed by atoms with Crippen molar-refractivity contribution in [3.05, 3.63) is 116 Å². The van der Waals surface area contributed by atoms with Gasteiger partial charge in [-0.2, -0.15) is 0 Å². The van der Waals surface area contributed by atoms with Gasteiger partial charge in [0.05, 0.1) is 26.8 Å². The summed E-state index contributed by atoms with van der Waals surface area (Å²) in [5, 5.41) is 5.20. The normalized spacial score (nSPS) is 12.0. The van der Waals surface area contributed by atoms with Gasteiger partial charge in [-0.3, -0.25) is 4.57 Å². The van der Waals surface area contributed by atoms with Crippen molar-refractivity contribution >= 4 is 64.3 Å². The van der Waals surface area contributed by atoms with Gasteiger partial charge in [0.25, 0.3) is 0 Å². The fraction of sp³-hybridized carbons (Fsp3) is 0. The Balaban J connectivity index is 1.47. The lowest BCUT2D eigenvalue weighted by molar-refractivity contribution is 1.09. The molecular weight excluding hydrogens is 446 g/mol. The molecule has 0 saturated carbocycles. The summed E-state index contributed by atoms with van der Waals surface area (Å²) in [5.41, 5.74) is 6.83. The second kappa shape index (κ2) is 7.05. The van der Waals surface area contributed by atoms with E-state index >= 15 is 0 Å². The van der Waals surface area contributed by atoms with Gasteiger partial charge in [0, 0.05) is 37.6 Å². The average Bonchev–Trinajstić information content (AvgIpc) is 3.60. The summed E-state index contributed by atoms with van der Waals surface area (Å²) < 4.78 is 7.22. The molecular formula is C31H19N3S. The SMILES string of the molecule is c1ccc(-n2cnc3cc(-n4c5ccccc5c5ccc6c7ccccc7sc6c54)ccc32)cc1. The van der Waals surface area contributed by atoms with E-state index in [0.29, 0.717) is 0 Å². The molecule has 0 fully saturated rings. The summed E-state index contributed by atoms with van der Waals surface area (Å²) in [6.45, 7) is 0. The van der Waals surface area contributed by atoms with Crippen LogP contribution in [0, 0.1) is 0 Å². The number of hydrogen-bond acceptors (Lipinski definition) is 2. The summed E-state index contributed by atoms with van der Waals surface area (Å²) in [6.07, 6.45) is 1.92. The average molecular weight is 466 g/mol. The van der Waals surface area contributed by atoms with Crippen LogP contribution in [0.2, 0.25) is 0 Å². The number of rotatable bonds is 2. The van der Waals surface area contributed by atoms with Crippen molar-refractivity contribution in [1.29, 1.82) is 0 Å². The molecule has 0 unspecified atom stereocenters. The van der Waals surface area contributed by atoms with Gasteiger partial charge in [0.2, 0.25) is 0 Å². The van der Waals surface area contributed by atoms with Crippen molar-refractivity contribution in [2.75, 3.05) is 0 Å². The molecule has 0 spiro atoms. The van der Waals surface area contributed by atoms with Crippen molar-refractivity contribution in [1.82, 2.24) is 14.1 Å². The van der Waals surface area contributed by atoms with Crippen molar-refractivity contribution in [2.45, 2.75) is 0 Å². The maximum atomic E-state index is 4.78. The largest absolute Gasteiger partial charge is 0.308 e. The maximum Gasteiger partial charge on any atom is 0.100 e. The van der Waals surface area contributed by atoms with E-state index in [1.165, 1.54) is 42.0 Å². The zero-order chi connectivity index (χ0) is 22.9. The minimum absolute atomic E-state index is 0.987. The molecule has 4 heteroatoms. The van der Waals surface area contributed by atoms with Crippen molar-refractivity contribution in [3.8, 4) is 11.4 Å². The van der Waals surface area contributed by atoms with Crippen LogP contribution in [0.15, 0.2) is 116 Å². The lowest BCUT2D eigenvalue weighted by Crippen LogP contribution is -1.95. The van der Waals surface area contributed by atoms with E-state index in [4.69, 9.17) is 4.98 Å². The number of para-hydroxylation sites is 2. The monoisotopic (exact) mass is 465 g/mol. The second-order valence-electron chi connectivity index (χ2n) is 8.91. The topological polar surface area (TPSA) is 22.8 Å². The van der Waals surface area contributed by atoms with Crippen LogP contribution in [0.4, 0.5) is 0 Å². The zero-order valence-electron chi connectivity index (χ0n) is 18.7. The zero-order valence-corrected chi connectivity index (χ0v) is 19.5. The molecule has 5 aromatic carbocycles. The smallest absolute Gasteiger partial charge is 0.100 e. The standard InChI is InChI=1S/C31H19N3S/c1-2-8-20(9-3-1)33-19-32-26-18-21(14-17-28(26)33)34-27-12-6-4-10-22(27)24-15-16-25-23-11-5-7-13-29(23)35-31(25)30(24)34/h1-19H. The fourth-order valence-corrected chi connectivity index (χ4v) is 6.67. The summed E-state index contributed by atoms with van der Waals surface area (Å²) in [7, 11) is 0. The number of benzene rings is 5. The highest BCUT2D eigenvalue weighted by Gasteiger charge is 2.18. The van der Waals surface area contributed by atoms with E-state index in [2.05, 4.69) is 112 Å². The van der Waals surface area contributed by atoms with Crippen LogP contribution >= 0.6 is 11.3 Å². The van der Waals surface area contributed by atoms with Gasteiger partial charge in [-0.05, 0) is 42.5 Å². The number of fused-ring (bicyclic) bond motifs is 8. The molecule has 0 atom stereocenters. The molecule has 3 aromatic heterocycles. The predicted octanol–water partition coefficient (Wildman–Crippen LogP) is 8.49. The molecule has 0 aliphatic rings. The van der Waals surface area contributed by atoms with Gasteiger partial charge >= 0.3 is 0 Å². The number of imidazole rings is 1. The second-order valence-corrected chi connectivity index (χ2v) is 9.96. The van der Waals surface area contributed by atoms with Gasteiger partial charge in [0.1, 0.15) is 6.33 Å². The molecule has 3 nitrogen and oxygen atoms in total. The van der Waals surface area contributed by atoms with Gasteiger partial charge in [0.15, 0.2) is 0 Å². The van der Waals surface area contributed by atoms with Crippen molar-refractivity contribution in [2.24, 2.45) is 0 Å². The lowest BCUT2D eigenvalue weighted by Gasteiger charge is -2.09. The summed E-state index contributed by atoms with van der Waals surface area (Å²) in [5.74, 6) is 0. The van der Waals surface area contributed by atoms with Crippen LogP contribution in [0.1, 0.15) is 0 Å². The molecule has 0 saturated heterocycles. The summed E-state index contributed by atoms with van der Waals surface area (Å²) in [4.78, 5) is 4.78. The van der Waals surface area contributed by atoms with Crippen LogP contribution in [-0.4, -0.2) is 14.1 Å². The van der Waals surface area contributed by atoms with Crippen LogP contribution in [0.5, 0.6) is 0 Å². The van der Waals surface area contributed by atoms with Crippen LogP contribution in [0.3, 0.4) is 0 Å². The Morgan fingerprint density at radius 1 is 0.571 bits per heavy atom. The predicted molar refractivity (Wildman–Crippen MR) is 148 cm³/mol. The molecule has 164 valence electrons. The summed E-state index contributed by atoms with van der Waals surface area (Å²) in [6, 6.07) is 39.0. The first-order valence-corrected chi connectivity index (χ1v) is 12.5. The van der Waals surface area contributed by atoms with E-state index in [1.807, 2.05) is 23.7 Å². The van der Waals surface area contributed by atoms with Crippen molar-refractivity contribution in [3.63, 3.8) is 0 Å². The minimum atomic E-state index is 0.987. The summed E-state index contributed by atoms with van der Waals surface area (Å²) >= 11 is 1.88. The highest BCUT2D eigenvalue weighted by Crippen LogP contribution is 2.43. The molecule has 3 heterocycles.